The number of nitrogens with one attached hydrogen (secondary N) is 2. The molecule has 174 valence electrons. The van der Waals surface area contributed by atoms with Crippen molar-refractivity contribution >= 4 is 50.7 Å². The van der Waals surface area contributed by atoms with Crippen LogP contribution in [0.15, 0.2) is 22.1 Å². The van der Waals surface area contributed by atoms with Gasteiger partial charge in [-0.3, -0.25) is 14.4 Å². The molecule has 0 fully saturated rings. The highest BCUT2D eigenvalue weighted by atomic mass is 32.2. The van der Waals surface area contributed by atoms with Crippen LogP contribution in [0.25, 0.3) is 10.2 Å². The van der Waals surface area contributed by atoms with E-state index in [1.165, 1.54) is 18.3 Å². The quantitative estimate of drug-likeness (QED) is 0.273. The van der Waals surface area contributed by atoms with Crippen LogP contribution >= 0.6 is 23.1 Å². The van der Waals surface area contributed by atoms with E-state index in [2.05, 4.69) is 29.1 Å². The van der Waals surface area contributed by atoms with Gasteiger partial charge in [-0.15, -0.1) is 11.3 Å². The SMILES string of the molecule is CCC(C)Cc1c(C)sc2nc(SCC(=O)Nc3cc4c(cc3C(C)=O)OCO4)[nH]c(=O)c12. The maximum absolute atomic E-state index is 12.8. The summed E-state index contributed by atoms with van der Waals surface area (Å²) in [5.41, 5.74) is 1.58. The van der Waals surface area contributed by atoms with Gasteiger partial charge in [0.05, 0.1) is 16.8 Å². The number of hydrogen-bond acceptors (Lipinski definition) is 8. The first-order chi connectivity index (χ1) is 15.8. The Morgan fingerprint density at radius 3 is 2.73 bits per heavy atom. The van der Waals surface area contributed by atoms with Crippen LogP contribution < -0.4 is 20.3 Å². The fraction of sp³-hybridized carbons (Fsp3) is 0.391. The number of aromatic amines is 1. The number of nitrogens with zero attached hydrogens (tertiary/aromatic N) is 1. The van der Waals surface area contributed by atoms with E-state index in [-0.39, 0.29) is 29.8 Å². The largest absolute Gasteiger partial charge is 0.454 e. The molecule has 0 saturated heterocycles. The van der Waals surface area contributed by atoms with Gasteiger partial charge >= 0.3 is 0 Å². The molecule has 3 aromatic rings. The number of aryl methyl sites for hydroxylation is 1. The highest BCUT2D eigenvalue weighted by Gasteiger charge is 2.21. The number of thiophene rings is 1. The Labute approximate surface area is 199 Å². The Hall–Kier alpha value is -2.85. The fourth-order valence-electron chi connectivity index (χ4n) is 3.62. The number of anilines is 1. The molecule has 1 aliphatic heterocycles. The minimum atomic E-state index is -0.330. The molecule has 4 rings (SSSR count). The number of Topliss-reactive ketones (excluding diaryl/α,β-unsaturated/α-hetero) is 1. The first kappa shape index (κ1) is 23.3. The van der Waals surface area contributed by atoms with Crippen LogP contribution in [0.5, 0.6) is 11.5 Å². The van der Waals surface area contributed by atoms with Gasteiger partial charge in [0, 0.05) is 16.5 Å². The first-order valence-electron chi connectivity index (χ1n) is 10.7. The predicted octanol–water partition coefficient (Wildman–Crippen LogP) is 4.54. The van der Waals surface area contributed by atoms with Gasteiger partial charge in [-0.2, -0.15) is 0 Å². The molecule has 8 nitrogen and oxygen atoms in total. The van der Waals surface area contributed by atoms with Gasteiger partial charge in [0.25, 0.3) is 5.56 Å². The molecular formula is C23H25N3O5S2. The van der Waals surface area contributed by atoms with Gasteiger partial charge in [-0.1, -0.05) is 32.0 Å². The highest BCUT2D eigenvalue weighted by Crippen LogP contribution is 2.37. The third-order valence-corrected chi connectivity index (χ3v) is 7.51. The van der Waals surface area contributed by atoms with Gasteiger partial charge < -0.3 is 19.8 Å². The molecule has 1 aliphatic rings. The minimum Gasteiger partial charge on any atom is -0.454 e. The molecule has 0 bridgehead atoms. The normalized spacial score (nSPS) is 13.3. The summed E-state index contributed by atoms with van der Waals surface area (Å²) in [6.45, 7) is 7.82. The Morgan fingerprint density at radius 1 is 1.30 bits per heavy atom. The molecule has 1 aromatic carbocycles. The number of aromatic nitrogens is 2. The number of amides is 1. The lowest BCUT2D eigenvalue weighted by atomic mass is 9.98. The van der Waals surface area contributed by atoms with E-state index < -0.39 is 0 Å². The van der Waals surface area contributed by atoms with Crippen molar-refractivity contribution in [3.05, 3.63) is 38.5 Å². The lowest BCUT2D eigenvalue weighted by molar-refractivity contribution is -0.113. The summed E-state index contributed by atoms with van der Waals surface area (Å²) in [6, 6.07) is 3.15. The number of H-pyrrole nitrogens is 1. The van der Waals surface area contributed by atoms with Crippen molar-refractivity contribution < 1.29 is 19.1 Å². The second-order valence-electron chi connectivity index (χ2n) is 8.05. The van der Waals surface area contributed by atoms with Crippen LogP contribution in [0, 0.1) is 12.8 Å². The van der Waals surface area contributed by atoms with E-state index in [1.807, 2.05) is 6.92 Å². The van der Waals surface area contributed by atoms with Crippen molar-refractivity contribution in [1.29, 1.82) is 0 Å². The van der Waals surface area contributed by atoms with Crippen LogP contribution in [0.3, 0.4) is 0 Å². The van der Waals surface area contributed by atoms with Crippen molar-refractivity contribution in [1.82, 2.24) is 9.97 Å². The molecule has 2 aromatic heterocycles. The molecule has 33 heavy (non-hydrogen) atoms. The van der Waals surface area contributed by atoms with Crippen LogP contribution in [-0.4, -0.2) is 34.2 Å². The van der Waals surface area contributed by atoms with E-state index in [1.54, 1.807) is 12.1 Å². The number of hydrogen-bond donors (Lipinski definition) is 2. The van der Waals surface area contributed by atoms with E-state index in [0.29, 0.717) is 44.0 Å². The second kappa shape index (κ2) is 9.56. The predicted molar refractivity (Wildman–Crippen MR) is 130 cm³/mol. The summed E-state index contributed by atoms with van der Waals surface area (Å²) < 4.78 is 10.6. The lowest BCUT2D eigenvalue weighted by Crippen LogP contribution is -2.17. The van der Waals surface area contributed by atoms with Gasteiger partial charge in [0.2, 0.25) is 12.7 Å². The van der Waals surface area contributed by atoms with Gasteiger partial charge in [-0.05, 0) is 37.8 Å². The monoisotopic (exact) mass is 487 g/mol. The van der Waals surface area contributed by atoms with Crippen molar-refractivity contribution in [2.45, 2.75) is 45.7 Å². The number of thioether (sulfide) groups is 1. The molecule has 1 atom stereocenters. The summed E-state index contributed by atoms with van der Waals surface area (Å²) in [5, 5.41) is 3.79. The standard InChI is InChI=1S/C23H25N3O5S2/c1-5-11(2)6-15-13(4)33-22-20(15)21(29)25-23(26-22)32-9-19(28)24-16-8-18-17(30-10-31-18)7-14(16)12(3)27/h7-8,11H,5-6,9-10H2,1-4H3,(H,24,28)(H,25,26,29). The summed E-state index contributed by atoms with van der Waals surface area (Å²) in [4.78, 5) is 46.6. The molecule has 3 heterocycles. The maximum atomic E-state index is 12.8. The Balaban J connectivity index is 1.50. The van der Waals surface area contributed by atoms with E-state index >= 15 is 0 Å². The third-order valence-electron chi connectivity index (χ3n) is 5.60. The van der Waals surface area contributed by atoms with Crippen LogP contribution in [0.1, 0.15) is 48.0 Å². The van der Waals surface area contributed by atoms with Crippen LogP contribution in [0.2, 0.25) is 0 Å². The first-order valence-corrected chi connectivity index (χ1v) is 12.5. The van der Waals surface area contributed by atoms with E-state index in [0.717, 1.165) is 35.0 Å². The van der Waals surface area contributed by atoms with Crippen molar-refractivity contribution in [2.24, 2.45) is 5.92 Å². The molecule has 1 unspecified atom stereocenters. The Kier molecular flexibility index (Phi) is 6.76. The molecule has 2 N–H and O–H groups in total. The number of rotatable bonds is 8. The number of ether oxygens (including phenoxy) is 2. The third kappa shape index (κ3) is 4.91. The number of fused-ring (bicyclic) bond motifs is 2. The molecule has 1 amide bonds. The minimum absolute atomic E-state index is 0.0182. The fourth-order valence-corrected chi connectivity index (χ4v) is 5.39. The highest BCUT2D eigenvalue weighted by molar-refractivity contribution is 7.99. The van der Waals surface area contributed by atoms with Gasteiger partial charge in [0.1, 0.15) is 4.83 Å². The van der Waals surface area contributed by atoms with E-state index in [4.69, 9.17) is 9.47 Å². The number of carbonyl (C=O) groups is 2. The number of ketones is 1. The zero-order valence-electron chi connectivity index (χ0n) is 18.9. The smallest absolute Gasteiger partial charge is 0.260 e. The van der Waals surface area contributed by atoms with Crippen LogP contribution in [0.4, 0.5) is 5.69 Å². The average Bonchev–Trinajstić information content (AvgIpc) is 3.35. The summed E-state index contributed by atoms with van der Waals surface area (Å²) in [5.74, 6) is 0.916. The number of carbonyl (C=O) groups excluding carboxylic acids is 2. The zero-order chi connectivity index (χ0) is 23.7. The summed E-state index contributed by atoms with van der Waals surface area (Å²) in [7, 11) is 0. The zero-order valence-corrected chi connectivity index (χ0v) is 20.5. The number of benzene rings is 1. The molecule has 0 saturated carbocycles. The molecule has 10 heteroatoms. The van der Waals surface area contributed by atoms with Crippen LogP contribution in [-0.2, 0) is 11.2 Å². The lowest BCUT2D eigenvalue weighted by Gasteiger charge is -2.10. The molecule has 0 radical (unpaired) electrons. The van der Waals surface area contributed by atoms with Crippen molar-refractivity contribution in [3.63, 3.8) is 0 Å². The van der Waals surface area contributed by atoms with Gasteiger partial charge in [-0.25, -0.2) is 4.98 Å². The van der Waals surface area contributed by atoms with Crippen molar-refractivity contribution in [2.75, 3.05) is 17.9 Å². The summed E-state index contributed by atoms with van der Waals surface area (Å²) in [6.07, 6.45) is 1.88. The Morgan fingerprint density at radius 2 is 2.03 bits per heavy atom. The second-order valence-corrected chi connectivity index (χ2v) is 10.2. The molecular weight excluding hydrogens is 462 g/mol. The summed E-state index contributed by atoms with van der Waals surface area (Å²) >= 11 is 2.64. The topological polar surface area (TPSA) is 110 Å². The average molecular weight is 488 g/mol. The maximum Gasteiger partial charge on any atom is 0.260 e. The van der Waals surface area contributed by atoms with E-state index in [9.17, 15) is 14.4 Å². The van der Waals surface area contributed by atoms with Crippen molar-refractivity contribution in [3.8, 4) is 11.5 Å². The molecule has 0 aliphatic carbocycles. The molecule has 0 spiro atoms. The van der Waals surface area contributed by atoms with Gasteiger partial charge in [0.15, 0.2) is 22.4 Å². The Bertz CT molecular complexity index is 1300.